The molecule has 3 aromatic heterocycles. The molecule has 29 heavy (non-hydrogen) atoms. The highest BCUT2D eigenvalue weighted by Gasteiger charge is 2.08. The van der Waals surface area contributed by atoms with Crippen molar-refractivity contribution in [1.29, 1.82) is 0 Å². The molecular weight excluding hydrogens is 362 g/mol. The molecule has 0 radical (unpaired) electrons. The Labute approximate surface area is 167 Å². The molecule has 0 amide bonds. The molecule has 0 bridgehead atoms. The number of benzene rings is 2. The lowest BCUT2D eigenvalue weighted by Gasteiger charge is -2.11. The van der Waals surface area contributed by atoms with Crippen LogP contribution >= 0.6 is 0 Å². The van der Waals surface area contributed by atoms with E-state index in [1.165, 1.54) is 0 Å². The van der Waals surface area contributed by atoms with E-state index in [9.17, 15) is 0 Å². The maximum Gasteiger partial charge on any atom is 0.230 e. The molecule has 0 saturated heterocycles. The number of rotatable bonds is 5. The van der Waals surface area contributed by atoms with Crippen LogP contribution in [0.5, 0.6) is 0 Å². The lowest BCUT2D eigenvalue weighted by Crippen LogP contribution is -2.07. The highest BCUT2D eigenvalue weighted by atomic mass is 15.2. The number of hydrogen-bond acceptors (Lipinski definition) is 6. The third-order valence-electron chi connectivity index (χ3n) is 4.74. The average Bonchev–Trinajstić information content (AvgIpc) is 3.17. The Morgan fingerprint density at radius 1 is 0.897 bits per heavy atom. The van der Waals surface area contributed by atoms with Crippen LogP contribution in [0.2, 0.25) is 0 Å². The number of fused-ring (bicyclic) bond motifs is 2. The van der Waals surface area contributed by atoms with Crippen molar-refractivity contribution in [3.05, 3.63) is 78.4 Å². The number of hydrogen-bond donors (Lipinski definition) is 3. The number of aromatic nitrogens is 5. The van der Waals surface area contributed by atoms with E-state index in [1.807, 2.05) is 55.5 Å². The van der Waals surface area contributed by atoms with Crippen LogP contribution in [0, 0.1) is 6.92 Å². The van der Waals surface area contributed by atoms with Gasteiger partial charge in [0.05, 0.1) is 17.6 Å². The third-order valence-corrected chi connectivity index (χ3v) is 4.74. The summed E-state index contributed by atoms with van der Waals surface area (Å²) in [7, 11) is 0. The fourth-order valence-corrected chi connectivity index (χ4v) is 3.26. The Hall–Kier alpha value is -4.00. The van der Waals surface area contributed by atoms with Crippen molar-refractivity contribution < 1.29 is 0 Å². The summed E-state index contributed by atoms with van der Waals surface area (Å²) in [6.45, 7) is 2.51. The Kier molecular flexibility index (Phi) is 4.25. The second kappa shape index (κ2) is 7.20. The second-order valence-electron chi connectivity index (χ2n) is 6.79. The summed E-state index contributed by atoms with van der Waals surface area (Å²) in [6, 6.07) is 18.0. The van der Waals surface area contributed by atoms with Gasteiger partial charge in [-0.25, -0.2) is 15.0 Å². The minimum absolute atomic E-state index is 0.492. The molecule has 142 valence electrons. The maximum atomic E-state index is 4.63. The van der Waals surface area contributed by atoms with Crippen LogP contribution in [0.3, 0.4) is 0 Å². The molecule has 2 aromatic carbocycles. The number of nitrogens with zero attached hydrogens (tertiary/aromatic N) is 4. The van der Waals surface area contributed by atoms with Gasteiger partial charge in [-0.15, -0.1) is 0 Å². The zero-order valence-electron chi connectivity index (χ0n) is 15.8. The topological polar surface area (TPSA) is 91.4 Å². The van der Waals surface area contributed by atoms with Gasteiger partial charge in [0.2, 0.25) is 5.95 Å². The van der Waals surface area contributed by atoms with Gasteiger partial charge < -0.3 is 15.6 Å². The Morgan fingerprint density at radius 3 is 2.69 bits per heavy atom. The van der Waals surface area contributed by atoms with E-state index < -0.39 is 0 Å². The summed E-state index contributed by atoms with van der Waals surface area (Å²) in [5, 5.41) is 8.72. The quantitative estimate of drug-likeness (QED) is 0.413. The molecule has 5 aromatic rings. The number of aryl methyl sites for hydroxylation is 1. The van der Waals surface area contributed by atoms with E-state index in [4.69, 9.17) is 0 Å². The fourth-order valence-electron chi connectivity index (χ4n) is 3.26. The summed E-state index contributed by atoms with van der Waals surface area (Å²) in [4.78, 5) is 21.4. The highest BCUT2D eigenvalue weighted by molar-refractivity contribution is 5.92. The SMILES string of the molecule is Cc1cnc(Nc2nccc3ccccc23)nc1NCc1nc2ccccc2[nH]1. The van der Waals surface area contributed by atoms with E-state index in [2.05, 4.69) is 41.6 Å². The van der Waals surface area contributed by atoms with Gasteiger partial charge in [-0.3, -0.25) is 0 Å². The van der Waals surface area contributed by atoms with Crippen LogP contribution in [0.15, 0.2) is 67.0 Å². The molecular formula is C22H19N7. The Morgan fingerprint density at radius 2 is 1.76 bits per heavy atom. The molecule has 0 aliphatic rings. The summed E-state index contributed by atoms with van der Waals surface area (Å²) >= 11 is 0. The lowest BCUT2D eigenvalue weighted by atomic mass is 10.1. The van der Waals surface area contributed by atoms with Gasteiger partial charge in [0.25, 0.3) is 0 Å². The van der Waals surface area contributed by atoms with Gasteiger partial charge in [0.1, 0.15) is 17.5 Å². The Bertz CT molecular complexity index is 1270. The van der Waals surface area contributed by atoms with E-state index in [0.717, 1.165) is 44.8 Å². The predicted octanol–water partition coefficient (Wildman–Crippen LogP) is 4.57. The van der Waals surface area contributed by atoms with Crippen molar-refractivity contribution >= 4 is 39.4 Å². The van der Waals surface area contributed by atoms with E-state index >= 15 is 0 Å². The van der Waals surface area contributed by atoms with Crippen molar-refractivity contribution in [3.63, 3.8) is 0 Å². The largest absolute Gasteiger partial charge is 0.362 e. The number of nitrogens with one attached hydrogen (secondary N) is 3. The van der Waals surface area contributed by atoms with Crippen LogP contribution in [-0.2, 0) is 6.54 Å². The number of aromatic amines is 1. The Balaban J connectivity index is 1.38. The van der Waals surface area contributed by atoms with Crippen LogP contribution in [0.4, 0.5) is 17.6 Å². The first-order valence-electron chi connectivity index (χ1n) is 9.38. The summed E-state index contributed by atoms with van der Waals surface area (Å²) < 4.78 is 0. The van der Waals surface area contributed by atoms with Gasteiger partial charge in [0.15, 0.2) is 0 Å². The number of anilines is 3. The predicted molar refractivity (Wildman–Crippen MR) is 115 cm³/mol. The van der Waals surface area contributed by atoms with Crippen molar-refractivity contribution in [2.45, 2.75) is 13.5 Å². The molecule has 0 aliphatic heterocycles. The monoisotopic (exact) mass is 381 g/mol. The average molecular weight is 381 g/mol. The molecule has 0 atom stereocenters. The first-order chi connectivity index (χ1) is 14.3. The minimum Gasteiger partial charge on any atom is -0.362 e. The van der Waals surface area contributed by atoms with Crippen LogP contribution < -0.4 is 10.6 Å². The van der Waals surface area contributed by atoms with E-state index in [0.29, 0.717) is 12.5 Å². The summed E-state index contributed by atoms with van der Waals surface area (Å²) in [6.07, 6.45) is 3.57. The minimum atomic E-state index is 0.492. The van der Waals surface area contributed by atoms with Gasteiger partial charge in [-0.2, -0.15) is 4.98 Å². The number of para-hydroxylation sites is 2. The zero-order chi connectivity index (χ0) is 19.6. The highest BCUT2D eigenvalue weighted by Crippen LogP contribution is 2.23. The summed E-state index contributed by atoms with van der Waals surface area (Å²) in [5.74, 6) is 2.83. The third kappa shape index (κ3) is 3.45. The molecule has 0 spiro atoms. The molecule has 3 heterocycles. The smallest absolute Gasteiger partial charge is 0.230 e. The molecule has 5 rings (SSSR count). The van der Waals surface area contributed by atoms with Crippen molar-refractivity contribution in [3.8, 4) is 0 Å². The van der Waals surface area contributed by atoms with Gasteiger partial charge in [-0.1, -0.05) is 36.4 Å². The number of pyridine rings is 1. The normalized spacial score (nSPS) is 11.1. The van der Waals surface area contributed by atoms with E-state index in [-0.39, 0.29) is 0 Å². The molecule has 0 unspecified atom stereocenters. The molecule has 7 nitrogen and oxygen atoms in total. The van der Waals surface area contributed by atoms with Gasteiger partial charge in [-0.05, 0) is 30.5 Å². The number of imidazole rings is 1. The molecule has 0 fully saturated rings. The maximum absolute atomic E-state index is 4.63. The standard InChI is InChI=1S/C22H19N7/c1-14-12-25-22(29-21-16-7-3-2-6-15(16)10-11-23-21)28-20(14)24-13-19-26-17-8-4-5-9-18(17)27-19/h2-12H,13H2,1H3,(H,26,27)(H2,23,24,25,28,29). The van der Waals surface area contributed by atoms with Crippen molar-refractivity contribution in [2.75, 3.05) is 10.6 Å². The van der Waals surface area contributed by atoms with Crippen LogP contribution in [-0.4, -0.2) is 24.9 Å². The van der Waals surface area contributed by atoms with Crippen LogP contribution in [0.1, 0.15) is 11.4 Å². The lowest BCUT2D eigenvalue weighted by molar-refractivity contribution is 0.985. The van der Waals surface area contributed by atoms with Crippen molar-refractivity contribution in [1.82, 2.24) is 24.9 Å². The van der Waals surface area contributed by atoms with Gasteiger partial charge >= 0.3 is 0 Å². The summed E-state index contributed by atoms with van der Waals surface area (Å²) in [5.41, 5.74) is 2.93. The molecule has 7 heteroatoms. The first-order valence-corrected chi connectivity index (χ1v) is 9.38. The van der Waals surface area contributed by atoms with E-state index in [1.54, 1.807) is 12.4 Å². The molecule has 0 saturated carbocycles. The molecule has 0 aliphatic carbocycles. The number of H-pyrrole nitrogens is 1. The fraction of sp³-hybridized carbons (Fsp3) is 0.0909. The van der Waals surface area contributed by atoms with Crippen molar-refractivity contribution in [2.24, 2.45) is 0 Å². The molecule has 3 N–H and O–H groups in total. The second-order valence-corrected chi connectivity index (χ2v) is 6.79. The first kappa shape index (κ1) is 17.1. The van der Waals surface area contributed by atoms with Crippen LogP contribution in [0.25, 0.3) is 21.8 Å². The van der Waals surface area contributed by atoms with Gasteiger partial charge in [0, 0.05) is 23.3 Å². The zero-order valence-corrected chi connectivity index (χ0v) is 15.8.